The number of allylic oxidation sites excluding steroid dienone is 5. The van der Waals surface area contributed by atoms with Crippen LogP contribution in [0.5, 0.6) is 0 Å². The van der Waals surface area contributed by atoms with Crippen LogP contribution in [0.25, 0.3) is 0 Å². The lowest BCUT2D eigenvalue weighted by Crippen LogP contribution is -2.31. The number of hydrogen-bond donors (Lipinski definition) is 1. The van der Waals surface area contributed by atoms with Gasteiger partial charge in [0.1, 0.15) is 0 Å². The lowest BCUT2D eigenvalue weighted by atomic mass is 9.84. The molecule has 0 bridgehead atoms. The fourth-order valence-corrected chi connectivity index (χ4v) is 3.37. The Bertz CT molecular complexity index is 643. The Kier molecular flexibility index (Phi) is 11.4. The van der Waals surface area contributed by atoms with Gasteiger partial charge in [0.25, 0.3) is 0 Å². The van der Waals surface area contributed by atoms with E-state index in [1.54, 1.807) is 6.20 Å². The van der Waals surface area contributed by atoms with Crippen molar-refractivity contribution in [2.24, 2.45) is 10.4 Å². The molecule has 1 aliphatic heterocycles. The van der Waals surface area contributed by atoms with Gasteiger partial charge in [0.2, 0.25) is 0 Å². The zero-order valence-electron chi connectivity index (χ0n) is 18.7. The number of rotatable bonds is 13. The minimum atomic E-state index is -0.369. The van der Waals surface area contributed by atoms with Crippen molar-refractivity contribution in [1.29, 1.82) is 0 Å². The Labute approximate surface area is 172 Å². The molecule has 1 heterocycles. The summed E-state index contributed by atoms with van der Waals surface area (Å²) in [6, 6.07) is 0. The Morgan fingerprint density at radius 3 is 2.50 bits per heavy atom. The summed E-state index contributed by atoms with van der Waals surface area (Å²) in [4.78, 5) is 6.53. The quantitative estimate of drug-likeness (QED) is 0.209. The fraction of sp³-hybridized carbons (Fsp3) is 0.600. The highest BCUT2D eigenvalue weighted by Crippen LogP contribution is 2.36. The highest BCUT2D eigenvalue weighted by Gasteiger charge is 2.30. The summed E-state index contributed by atoms with van der Waals surface area (Å²) in [7, 11) is 2.15. The summed E-state index contributed by atoms with van der Waals surface area (Å²) >= 11 is 0. The van der Waals surface area contributed by atoms with E-state index >= 15 is 0 Å². The highest BCUT2D eigenvalue weighted by molar-refractivity contribution is 5.79. The first-order valence-electron chi connectivity index (χ1n) is 10.9. The molecule has 1 rings (SSSR count). The van der Waals surface area contributed by atoms with E-state index in [1.165, 1.54) is 24.1 Å². The topological polar surface area (TPSA) is 35.8 Å². The molecular formula is C25H40N2O. The van der Waals surface area contributed by atoms with Gasteiger partial charge >= 0.3 is 0 Å². The number of aliphatic imine (C=N–C) groups is 1. The van der Waals surface area contributed by atoms with Gasteiger partial charge in [-0.2, -0.15) is 0 Å². The normalized spacial score (nSPS) is 15.0. The van der Waals surface area contributed by atoms with Crippen molar-refractivity contribution in [1.82, 2.24) is 4.90 Å². The van der Waals surface area contributed by atoms with E-state index in [9.17, 15) is 5.11 Å². The van der Waals surface area contributed by atoms with Gasteiger partial charge in [-0.3, -0.25) is 4.99 Å². The molecule has 0 radical (unpaired) electrons. The molecule has 0 saturated carbocycles. The summed E-state index contributed by atoms with van der Waals surface area (Å²) in [6.45, 7) is 9.62. The van der Waals surface area contributed by atoms with Crippen LogP contribution in [0, 0.1) is 5.41 Å². The van der Waals surface area contributed by atoms with Crippen LogP contribution in [0.2, 0.25) is 0 Å². The maximum atomic E-state index is 10.8. The minimum Gasteiger partial charge on any atom is -0.512 e. The van der Waals surface area contributed by atoms with E-state index < -0.39 is 0 Å². The van der Waals surface area contributed by atoms with Gasteiger partial charge in [-0.05, 0) is 69.8 Å². The number of hydrogen-bond acceptors (Lipinski definition) is 3. The van der Waals surface area contributed by atoms with E-state index in [2.05, 4.69) is 62.5 Å². The second kappa shape index (κ2) is 13.2. The molecule has 28 heavy (non-hydrogen) atoms. The largest absolute Gasteiger partial charge is 0.512 e. The fourth-order valence-electron chi connectivity index (χ4n) is 3.37. The van der Waals surface area contributed by atoms with Gasteiger partial charge in [-0.25, -0.2) is 0 Å². The molecule has 0 unspecified atom stereocenters. The maximum Gasteiger partial charge on any atom is 0.0997 e. The van der Waals surface area contributed by atoms with Gasteiger partial charge in [0.15, 0.2) is 0 Å². The zero-order valence-corrected chi connectivity index (χ0v) is 18.7. The molecule has 156 valence electrons. The summed E-state index contributed by atoms with van der Waals surface area (Å²) in [5.74, 6) is 0.491. The third kappa shape index (κ3) is 8.35. The predicted molar refractivity (Wildman–Crippen MR) is 123 cm³/mol. The standard InChI is InChI=1S/C25H40N2O/c1-6-8-10-17-23(25(3,4)24(28)18-11-9-7-2)27(5)20-14-16-22-15-12-13-19-26-21-22/h12,15,17-19,21,28H,6-11,14,16,20H2,1-5H3/b23-17-,24-18?. The van der Waals surface area contributed by atoms with E-state index in [1.807, 2.05) is 18.4 Å². The molecule has 0 amide bonds. The van der Waals surface area contributed by atoms with Crippen LogP contribution in [0.3, 0.4) is 0 Å². The van der Waals surface area contributed by atoms with Crippen LogP contribution >= 0.6 is 0 Å². The summed E-state index contributed by atoms with van der Waals surface area (Å²) < 4.78 is 0. The molecule has 0 aromatic rings. The lowest BCUT2D eigenvalue weighted by molar-refractivity contribution is 0.234. The van der Waals surface area contributed by atoms with Crippen molar-refractivity contribution in [3.05, 3.63) is 53.3 Å². The first-order valence-corrected chi connectivity index (χ1v) is 10.9. The van der Waals surface area contributed by atoms with Crippen molar-refractivity contribution in [3.63, 3.8) is 0 Å². The predicted octanol–water partition coefficient (Wildman–Crippen LogP) is 7.11. The SMILES string of the molecule is CCCCC=C(O)C(C)(C)/C(=C/CCCC)N(C)CCCC1=CC=C=CN=C1. The molecule has 3 heteroatoms. The number of aliphatic hydroxyl groups excluding tert-OH is 1. The van der Waals surface area contributed by atoms with Crippen molar-refractivity contribution < 1.29 is 5.11 Å². The van der Waals surface area contributed by atoms with Gasteiger partial charge < -0.3 is 10.0 Å². The first kappa shape index (κ1) is 24.0. The molecule has 0 spiro atoms. The highest BCUT2D eigenvalue weighted by atomic mass is 16.3. The third-order valence-electron chi connectivity index (χ3n) is 5.22. The van der Waals surface area contributed by atoms with Gasteiger partial charge in [0, 0.05) is 25.5 Å². The van der Waals surface area contributed by atoms with Gasteiger partial charge in [0.05, 0.1) is 17.4 Å². The first-order chi connectivity index (χ1) is 13.4. The average Bonchev–Trinajstić information content (AvgIpc) is 2.94. The molecule has 3 nitrogen and oxygen atoms in total. The van der Waals surface area contributed by atoms with Crippen molar-refractivity contribution in [2.75, 3.05) is 13.6 Å². The Balaban J connectivity index is 2.81. The van der Waals surface area contributed by atoms with Crippen molar-refractivity contribution >= 4 is 6.21 Å². The van der Waals surface area contributed by atoms with Crippen LogP contribution in [0.15, 0.2) is 58.3 Å². The van der Waals surface area contributed by atoms with Crippen LogP contribution in [0.4, 0.5) is 0 Å². The maximum absolute atomic E-state index is 10.8. The Hall–Kier alpha value is -1.99. The van der Waals surface area contributed by atoms with Crippen molar-refractivity contribution in [3.8, 4) is 0 Å². The zero-order chi connectivity index (χ0) is 20.8. The number of nitrogens with zero attached hydrogens (tertiary/aromatic N) is 2. The smallest absolute Gasteiger partial charge is 0.0997 e. The lowest BCUT2D eigenvalue weighted by Gasteiger charge is -2.35. The van der Waals surface area contributed by atoms with E-state index in [-0.39, 0.29) is 5.41 Å². The summed E-state index contributed by atoms with van der Waals surface area (Å²) in [5.41, 5.74) is 5.08. The van der Waals surface area contributed by atoms with Crippen LogP contribution in [-0.2, 0) is 0 Å². The molecule has 0 atom stereocenters. The summed E-state index contributed by atoms with van der Waals surface area (Å²) in [5, 5.41) is 10.8. The van der Waals surface area contributed by atoms with Crippen LogP contribution in [-0.4, -0.2) is 29.8 Å². The number of unbranched alkanes of at least 4 members (excludes halogenated alkanes) is 4. The third-order valence-corrected chi connectivity index (χ3v) is 5.22. The van der Waals surface area contributed by atoms with E-state index in [0.29, 0.717) is 5.76 Å². The van der Waals surface area contributed by atoms with E-state index in [0.717, 1.165) is 45.1 Å². The molecule has 0 saturated heterocycles. The molecule has 0 aliphatic carbocycles. The summed E-state index contributed by atoms with van der Waals surface area (Å²) in [6.07, 6.45) is 20.6. The molecule has 0 aromatic carbocycles. The molecule has 0 aromatic heterocycles. The Morgan fingerprint density at radius 1 is 1.14 bits per heavy atom. The van der Waals surface area contributed by atoms with E-state index in [4.69, 9.17) is 0 Å². The van der Waals surface area contributed by atoms with Gasteiger partial charge in [-0.1, -0.05) is 39.2 Å². The Morgan fingerprint density at radius 2 is 1.82 bits per heavy atom. The second-order valence-corrected chi connectivity index (χ2v) is 8.10. The molecule has 1 aliphatic rings. The molecule has 1 N–H and O–H groups in total. The van der Waals surface area contributed by atoms with Crippen LogP contribution < -0.4 is 0 Å². The molecular weight excluding hydrogens is 344 g/mol. The minimum absolute atomic E-state index is 0.369. The average molecular weight is 385 g/mol. The second-order valence-electron chi connectivity index (χ2n) is 8.10. The monoisotopic (exact) mass is 384 g/mol. The van der Waals surface area contributed by atoms with Crippen LogP contribution in [0.1, 0.15) is 79.1 Å². The van der Waals surface area contributed by atoms with Crippen molar-refractivity contribution in [2.45, 2.75) is 79.1 Å². The number of aliphatic hydroxyl groups is 1. The molecule has 0 fully saturated rings. The van der Waals surface area contributed by atoms with Gasteiger partial charge in [-0.15, -0.1) is 5.73 Å².